The highest BCUT2D eigenvalue weighted by atomic mass is 16.3. The molecule has 0 aliphatic heterocycles. The van der Waals surface area contributed by atoms with Crippen molar-refractivity contribution in [2.45, 2.75) is 12.6 Å². The van der Waals surface area contributed by atoms with Crippen LogP contribution in [0.1, 0.15) is 27.7 Å². The van der Waals surface area contributed by atoms with Crippen LogP contribution < -0.4 is 5.32 Å². The highest BCUT2D eigenvalue weighted by molar-refractivity contribution is 6.02. The molecule has 124 valence electrons. The maximum Gasteiger partial charge on any atom is 0.277 e. The van der Waals surface area contributed by atoms with E-state index in [9.17, 15) is 9.90 Å². The Hall–Kier alpha value is -3.50. The van der Waals surface area contributed by atoms with Gasteiger partial charge in [-0.15, -0.1) is 5.10 Å². The van der Waals surface area contributed by atoms with Gasteiger partial charge in [0.1, 0.15) is 0 Å². The maximum atomic E-state index is 12.2. The van der Waals surface area contributed by atoms with Crippen LogP contribution in [0.15, 0.2) is 60.8 Å². The fraction of sp³-hybridized carbons (Fsp3) is 0.111. The van der Waals surface area contributed by atoms with Crippen LogP contribution in [0.25, 0.3) is 0 Å². The van der Waals surface area contributed by atoms with Gasteiger partial charge < -0.3 is 10.4 Å². The zero-order valence-corrected chi connectivity index (χ0v) is 13.2. The second-order valence-electron chi connectivity index (χ2n) is 5.40. The Morgan fingerprint density at radius 1 is 1.24 bits per heavy atom. The van der Waals surface area contributed by atoms with Crippen LogP contribution in [0.5, 0.6) is 0 Å². The third-order valence-corrected chi connectivity index (χ3v) is 3.57. The minimum absolute atomic E-state index is 0.127. The number of hydrogen-bond donors (Lipinski definition) is 2. The topological polar surface area (TPSA) is 104 Å². The summed E-state index contributed by atoms with van der Waals surface area (Å²) in [6.45, 7) is 0.189. The number of anilines is 1. The summed E-state index contributed by atoms with van der Waals surface area (Å²) in [5, 5.41) is 29.4. The average Bonchev–Trinajstić information content (AvgIpc) is 3.11. The first-order valence-electron chi connectivity index (χ1n) is 7.60. The lowest BCUT2D eigenvalue weighted by Crippen LogP contribution is -2.12. The van der Waals surface area contributed by atoms with Crippen LogP contribution in [-0.2, 0) is 6.54 Å². The lowest BCUT2D eigenvalue weighted by molar-refractivity contribution is 0.102. The number of benzene rings is 2. The summed E-state index contributed by atoms with van der Waals surface area (Å²) in [6, 6.07) is 17.8. The van der Waals surface area contributed by atoms with Gasteiger partial charge in [0.15, 0.2) is 5.69 Å². The van der Waals surface area contributed by atoms with E-state index in [0.717, 1.165) is 5.56 Å². The molecule has 0 fully saturated rings. The average molecular weight is 333 g/mol. The van der Waals surface area contributed by atoms with E-state index in [-0.39, 0.29) is 12.2 Å². The molecule has 1 aromatic heterocycles. The minimum atomic E-state index is -0.744. The van der Waals surface area contributed by atoms with E-state index in [1.165, 1.54) is 10.9 Å². The van der Waals surface area contributed by atoms with Gasteiger partial charge >= 0.3 is 0 Å². The Morgan fingerprint density at radius 2 is 2.04 bits per heavy atom. The van der Waals surface area contributed by atoms with Crippen molar-refractivity contribution in [3.63, 3.8) is 0 Å². The van der Waals surface area contributed by atoms with Crippen molar-refractivity contribution in [1.82, 2.24) is 15.0 Å². The molecule has 0 spiro atoms. The smallest absolute Gasteiger partial charge is 0.277 e. The quantitative estimate of drug-likeness (QED) is 0.744. The molecular formula is C18H15N5O2. The van der Waals surface area contributed by atoms with Gasteiger partial charge in [-0.2, -0.15) is 5.26 Å². The first-order valence-corrected chi connectivity index (χ1v) is 7.60. The fourth-order valence-corrected chi connectivity index (χ4v) is 2.31. The summed E-state index contributed by atoms with van der Waals surface area (Å²) in [5.74, 6) is -0.435. The van der Waals surface area contributed by atoms with Crippen LogP contribution in [0.3, 0.4) is 0 Å². The summed E-state index contributed by atoms with van der Waals surface area (Å²) in [7, 11) is 0. The van der Waals surface area contributed by atoms with Gasteiger partial charge in [0.25, 0.3) is 5.91 Å². The van der Waals surface area contributed by atoms with E-state index < -0.39 is 12.0 Å². The second kappa shape index (κ2) is 7.38. The Labute approximate surface area is 144 Å². The van der Waals surface area contributed by atoms with Gasteiger partial charge in [0.2, 0.25) is 0 Å². The number of amides is 1. The predicted octanol–water partition coefficient (Wildman–Crippen LogP) is 2.14. The van der Waals surface area contributed by atoms with E-state index in [0.29, 0.717) is 11.3 Å². The van der Waals surface area contributed by atoms with E-state index in [2.05, 4.69) is 15.6 Å². The first-order chi connectivity index (χ1) is 12.2. The molecule has 0 saturated heterocycles. The fourth-order valence-electron chi connectivity index (χ4n) is 2.31. The van der Waals surface area contributed by atoms with Gasteiger partial charge in [-0.05, 0) is 23.8 Å². The molecule has 3 aromatic rings. The molecule has 2 aromatic carbocycles. The van der Waals surface area contributed by atoms with Crippen LogP contribution in [-0.4, -0.2) is 26.0 Å². The maximum absolute atomic E-state index is 12.2. The Bertz CT molecular complexity index is 914. The molecular weight excluding hydrogens is 318 g/mol. The molecule has 1 heterocycles. The molecule has 7 nitrogen and oxygen atoms in total. The van der Waals surface area contributed by atoms with Crippen molar-refractivity contribution in [3.8, 4) is 6.07 Å². The van der Waals surface area contributed by atoms with Crippen LogP contribution in [0, 0.1) is 11.3 Å². The number of nitrogens with zero attached hydrogens (tertiary/aromatic N) is 4. The van der Waals surface area contributed by atoms with E-state index in [4.69, 9.17) is 5.26 Å². The summed E-state index contributed by atoms with van der Waals surface area (Å²) in [5.41, 5.74) is 1.84. The third kappa shape index (κ3) is 4.07. The molecule has 0 bridgehead atoms. The molecule has 25 heavy (non-hydrogen) atoms. The summed E-state index contributed by atoms with van der Waals surface area (Å²) in [6.07, 6.45) is 0.724. The monoisotopic (exact) mass is 333 g/mol. The lowest BCUT2D eigenvalue weighted by Gasteiger charge is -2.09. The number of hydrogen-bond acceptors (Lipinski definition) is 5. The number of aliphatic hydroxyl groups is 1. The number of aromatic nitrogens is 3. The summed E-state index contributed by atoms with van der Waals surface area (Å²) < 4.78 is 1.41. The third-order valence-electron chi connectivity index (χ3n) is 3.57. The van der Waals surface area contributed by atoms with E-state index in [1.807, 2.05) is 36.4 Å². The van der Waals surface area contributed by atoms with Crippen molar-refractivity contribution < 1.29 is 9.90 Å². The van der Waals surface area contributed by atoms with Crippen molar-refractivity contribution in [3.05, 3.63) is 77.6 Å². The molecule has 0 saturated carbocycles. The summed E-state index contributed by atoms with van der Waals surface area (Å²) >= 11 is 0. The molecule has 0 radical (unpaired) electrons. The Balaban J connectivity index is 1.66. The van der Waals surface area contributed by atoms with E-state index >= 15 is 0 Å². The molecule has 3 rings (SSSR count). The van der Waals surface area contributed by atoms with Gasteiger partial charge in [0, 0.05) is 5.69 Å². The minimum Gasteiger partial charge on any atom is -0.386 e. The standard InChI is InChI=1S/C18H15N5O2/c19-10-13-5-4-8-15(9-13)20-18(25)16-11-23(22-21-16)12-17(24)14-6-2-1-3-7-14/h1-9,11,17,24H,12H2,(H,20,25)/t17-/m0/s1. The van der Waals surface area contributed by atoms with Crippen LogP contribution in [0.4, 0.5) is 5.69 Å². The largest absolute Gasteiger partial charge is 0.386 e. The normalized spacial score (nSPS) is 11.5. The number of nitrogens with one attached hydrogen (secondary N) is 1. The lowest BCUT2D eigenvalue weighted by atomic mass is 10.1. The van der Waals surface area contributed by atoms with Crippen LogP contribution in [0.2, 0.25) is 0 Å². The van der Waals surface area contributed by atoms with Crippen molar-refractivity contribution in [2.75, 3.05) is 5.32 Å². The molecule has 1 atom stereocenters. The Kier molecular flexibility index (Phi) is 4.83. The zero-order chi connectivity index (χ0) is 17.6. The van der Waals surface area contributed by atoms with Gasteiger partial charge in [-0.1, -0.05) is 41.6 Å². The Morgan fingerprint density at radius 3 is 2.80 bits per heavy atom. The molecule has 0 aliphatic carbocycles. The zero-order valence-electron chi connectivity index (χ0n) is 13.2. The number of carbonyl (C=O) groups is 1. The molecule has 1 amide bonds. The number of rotatable bonds is 5. The highest BCUT2D eigenvalue weighted by Crippen LogP contribution is 2.14. The first kappa shape index (κ1) is 16.4. The SMILES string of the molecule is N#Cc1cccc(NC(=O)c2cn(C[C@H](O)c3ccccc3)nn2)c1. The molecule has 7 heteroatoms. The molecule has 0 unspecified atom stereocenters. The number of nitriles is 1. The molecule has 0 aliphatic rings. The van der Waals surface area contributed by atoms with Crippen molar-refractivity contribution in [1.29, 1.82) is 5.26 Å². The number of aliphatic hydroxyl groups excluding tert-OH is 1. The van der Waals surface area contributed by atoms with Crippen molar-refractivity contribution in [2.24, 2.45) is 0 Å². The van der Waals surface area contributed by atoms with Gasteiger partial charge in [0.05, 0.1) is 30.5 Å². The van der Waals surface area contributed by atoms with Gasteiger partial charge in [-0.25, -0.2) is 4.68 Å². The second-order valence-corrected chi connectivity index (χ2v) is 5.40. The summed E-state index contributed by atoms with van der Waals surface area (Å²) in [4.78, 5) is 12.2. The van der Waals surface area contributed by atoms with Crippen LogP contribution >= 0.6 is 0 Å². The number of carbonyl (C=O) groups excluding carboxylic acids is 1. The van der Waals surface area contributed by atoms with Crippen molar-refractivity contribution >= 4 is 11.6 Å². The van der Waals surface area contributed by atoms with E-state index in [1.54, 1.807) is 24.3 Å². The predicted molar refractivity (Wildman–Crippen MR) is 90.5 cm³/mol. The highest BCUT2D eigenvalue weighted by Gasteiger charge is 2.14. The van der Waals surface area contributed by atoms with Gasteiger partial charge in [-0.3, -0.25) is 4.79 Å². The molecule has 2 N–H and O–H groups in total.